The van der Waals surface area contributed by atoms with Gasteiger partial charge in [0.1, 0.15) is 5.75 Å². The number of esters is 1. The van der Waals surface area contributed by atoms with Crippen molar-refractivity contribution in [2.45, 2.75) is 13.0 Å². The molecule has 0 amide bonds. The topological polar surface area (TPSA) is 71.1 Å². The van der Waals surface area contributed by atoms with Crippen LogP contribution in [0.2, 0.25) is 0 Å². The second-order valence-corrected chi connectivity index (χ2v) is 5.62. The Morgan fingerprint density at radius 1 is 1.08 bits per heavy atom. The van der Waals surface area contributed by atoms with Crippen molar-refractivity contribution in [1.82, 2.24) is 0 Å². The molecule has 0 saturated carbocycles. The van der Waals surface area contributed by atoms with Gasteiger partial charge in [-0.2, -0.15) is 0 Å². The number of fused-ring (bicyclic) bond motifs is 1. The van der Waals surface area contributed by atoms with Crippen LogP contribution in [0, 0.1) is 0 Å². The Balaban J connectivity index is 1.58. The van der Waals surface area contributed by atoms with Crippen LogP contribution in [-0.4, -0.2) is 31.8 Å². The number of carbonyl (C=O) groups is 2. The maximum absolute atomic E-state index is 12.3. The number of Topliss-reactive ketones (excluding diaryl/α,β-unsaturated/α-hetero) is 1. The third kappa shape index (κ3) is 4.03. The predicted molar refractivity (Wildman–Crippen MR) is 94.5 cm³/mol. The largest absolute Gasteiger partial charge is 0.497 e. The number of rotatable bonds is 6. The Morgan fingerprint density at radius 3 is 2.54 bits per heavy atom. The van der Waals surface area contributed by atoms with Gasteiger partial charge in [-0.3, -0.25) is 4.79 Å². The number of hydrogen-bond acceptors (Lipinski definition) is 6. The molecule has 1 aliphatic rings. The highest BCUT2D eigenvalue weighted by Gasteiger charge is 2.18. The van der Waals surface area contributed by atoms with E-state index in [1.165, 1.54) is 6.08 Å². The Hall–Kier alpha value is -3.28. The lowest BCUT2D eigenvalue weighted by molar-refractivity contribution is -0.140. The molecule has 1 aliphatic heterocycles. The van der Waals surface area contributed by atoms with Gasteiger partial charge in [0.2, 0.25) is 12.6 Å². The smallest absolute Gasteiger partial charge is 0.331 e. The fourth-order valence-electron chi connectivity index (χ4n) is 2.44. The van der Waals surface area contributed by atoms with Gasteiger partial charge < -0.3 is 18.9 Å². The summed E-state index contributed by atoms with van der Waals surface area (Å²) in [6, 6.07) is 12.0. The second-order valence-electron chi connectivity index (χ2n) is 5.62. The van der Waals surface area contributed by atoms with Crippen molar-refractivity contribution < 1.29 is 28.5 Å². The van der Waals surface area contributed by atoms with Crippen LogP contribution in [0.25, 0.3) is 6.08 Å². The Bertz CT molecular complexity index is 838. The summed E-state index contributed by atoms with van der Waals surface area (Å²) in [7, 11) is 1.55. The van der Waals surface area contributed by atoms with Crippen LogP contribution in [0.1, 0.15) is 22.8 Å². The number of methoxy groups -OCH3 is 1. The first-order valence-electron chi connectivity index (χ1n) is 8.03. The zero-order valence-electron chi connectivity index (χ0n) is 14.4. The third-order valence-corrected chi connectivity index (χ3v) is 3.85. The summed E-state index contributed by atoms with van der Waals surface area (Å²) in [5.74, 6) is 1.07. The number of carbonyl (C=O) groups excluding carboxylic acids is 2. The zero-order chi connectivity index (χ0) is 18.5. The molecule has 0 aliphatic carbocycles. The first-order chi connectivity index (χ1) is 12.6. The van der Waals surface area contributed by atoms with Crippen molar-refractivity contribution in [3.8, 4) is 17.2 Å². The van der Waals surface area contributed by atoms with E-state index >= 15 is 0 Å². The summed E-state index contributed by atoms with van der Waals surface area (Å²) in [5, 5.41) is 0. The lowest BCUT2D eigenvalue weighted by atomic mass is 10.1. The first-order valence-corrected chi connectivity index (χ1v) is 8.03. The van der Waals surface area contributed by atoms with Crippen molar-refractivity contribution in [1.29, 1.82) is 0 Å². The van der Waals surface area contributed by atoms with Crippen LogP contribution in [0.5, 0.6) is 17.2 Å². The van der Waals surface area contributed by atoms with E-state index in [0.717, 1.165) is 5.56 Å². The van der Waals surface area contributed by atoms with Crippen LogP contribution in [-0.2, 0) is 9.53 Å². The molecule has 0 radical (unpaired) electrons. The van der Waals surface area contributed by atoms with Crippen molar-refractivity contribution in [3.63, 3.8) is 0 Å². The van der Waals surface area contributed by atoms with Gasteiger partial charge in [-0.15, -0.1) is 0 Å². The lowest BCUT2D eigenvalue weighted by Crippen LogP contribution is -2.23. The zero-order valence-corrected chi connectivity index (χ0v) is 14.4. The molecule has 0 unspecified atom stereocenters. The van der Waals surface area contributed by atoms with Gasteiger partial charge in [0, 0.05) is 11.6 Å². The van der Waals surface area contributed by atoms with Gasteiger partial charge in [-0.25, -0.2) is 4.79 Å². The lowest BCUT2D eigenvalue weighted by Gasteiger charge is -2.11. The quantitative estimate of drug-likeness (QED) is 0.450. The molecule has 3 rings (SSSR count). The van der Waals surface area contributed by atoms with E-state index in [4.69, 9.17) is 18.9 Å². The van der Waals surface area contributed by atoms with E-state index in [0.29, 0.717) is 22.8 Å². The monoisotopic (exact) mass is 354 g/mol. The summed E-state index contributed by atoms with van der Waals surface area (Å²) in [6.45, 7) is 1.73. The molecule has 0 aromatic heterocycles. The van der Waals surface area contributed by atoms with Gasteiger partial charge >= 0.3 is 5.97 Å². The van der Waals surface area contributed by atoms with Gasteiger partial charge in [-0.1, -0.05) is 6.07 Å². The van der Waals surface area contributed by atoms with E-state index in [-0.39, 0.29) is 12.6 Å². The van der Waals surface area contributed by atoms with Crippen molar-refractivity contribution in [2.24, 2.45) is 0 Å². The minimum Gasteiger partial charge on any atom is -0.497 e. The average molecular weight is 354 g/mol. The van der Waals surface area contributed by atoms with Gasteiger partial charge in [0.15, 0.2) is 17.6 Å². The summed E-state index contributed by atoms with van der Waals surface area (Å²) in [6.07, 6.45) is 1.97. The number of ether oxygens (including phenoxy) is 4. The minimum absolute atomic E-state index is 0.190. The van der Waals surface area contributed by atoms with E-state index in [1.807, 2.05) is 0 Å². The molecule has 0 fully saturated rings. The van der Waals surface area contributed by atoms with Crippen LogP contribution in [0.15, 0.2) is 48.5 Å². The highest BCUT2D eigenvalue weighted by atomic mass is 16.7. The van der Waals surface area contributed by atoms with Crippen LogP contribution in [0.4, 0.5) is 0 Å². The number of ketones is 1. The van der Waals surface area contributed by atoms with E-state index in [9.17, 15) is 9.59 Å². The summed E-state index contributed by atoms with van der Waals surface area (Å²) in [4.78, 5) is 24.3. The van der Waals surface area contributed by atoms with Crippen molar-refractivity contribution in [2.75, 3.05) is 13.9 Å². The van der Waals surface area contributed by atoms with Gasteiger partial charge in [0.05, 0.1) is 7.11 Å². The first kappa shape index (κ1) is 17.5. The Labute approximate surface area is 150 Å². The molecule has 0 spiro atoms. The fourth-order valence-corrected chi connectivity index (χ4v) is 2.44. The van der Waals surface area contributed by atoms with E-state index in [1.54, 1.807) is 62.6 Å². The Kier molecular flexibility index (Phi) is 5.22. The van der Waals surface area contributed by atoms with E-state index < -0.39 is 12.1 Å². The van der Waals surface area contributed by atoms with Crippen molar-refractivity contribution in [3.05, 3.63) is 59.7 Å². The fraction of sp³-hybridized carbons (Fsp3) is 0.200. The normalized spacial score (nSPS) is 13.5. The minimum atomic E-state index is -0.891. The van der Waals surface area contributed by atoms with Crippen molar-refractivity contribution >= 4 is 17.8 Å². The number of benzene rings is 2. The second kappa shape index (κ2) is 7.74. The molecule has 0 N–H and O–H groups in total. The maximum Gasteiger partial charge on any atom is 0.331 e. The molecule has 6 heteroatoms. The molecule has 0 bridgehead atoms. The summed E-state index contributed by atoms with van der Waals surface area (Å²) in [5.41, 5.74) is 1.21. The third-order valence-electron chi connectivity index (χ3n) is 3.85. The molecule has 1 heterocycles. The van der Waals surface area contributed by atoms with E-state index in [2.05, 4.69) is 0 Å². The van der Waals surface area contributed by atoms with Gasteiger partial charge in [-0.05, 0) is 55.0 Å². The van der Waals surface area contributed by atoms with Crippen LogP contribution < -0.4 is 14.2 Å². The SMILES string of the molecule is COc1ccc(C(=O)[C@@H](C)OC(=O)/C=C/c2ccc3c(c2)OCO3)cc1. The molecule has 0 saturated heterocycles. The highest BCUT2D eigenvalue weighted by molar-refractivity contribution is 6.01. The molecule has 6 nitrogen and oxygen atoms in total. The molecule has 2 aromatic rings. The maximum atomic E-state index is 12.3. The number of hydrogen-bond donors (Lipinski definition) is 0. The van der Waals surface area contributed by atoms with Gasteiger partial charge in [0.25, 0.3) is 0 Å². The molecule has 26 heavy (non-hydrogen) atoms. The van der Waals surface area contributed by atoms with Crippen LogP contribution >= 0.6 is 0 Å². The molecule has 2 aromatic carbocycles. The molecule has 1 atom stereocenters. The molecule has 134 valence electrons. The standard InChI is InChI=1S/C20H18O6/c1-13(20(22)15-5-7-16(23-2)8-6-15)26-19(21)10-4-14-3-9-17-18(11-14)25-12-24-17/h3-11,13H,12H2,1-2H3/b10-4+/t13-/m1/s1. The Morgan fingerprint density at radius 2 is 1.81 bits per heavy atom. The molecular weight excluding hydrogens is 336 g/mol. The van der Waals surface area contributed by atoms with Crippen LogP contribution in [0.3, 0.4) is 0 Å². The summed E-state index contributed by atoms with van der Waals surface area (Å²) < 4.78 is 20.7. The molecular formula is C20H18O6. The summed E-state index contributed by atoms with van der Waals surface area (Å²) >= 11 is 0. The highest BCUT2D eigenvalue weighted by Crippen LogP contribution is 2.32. The average Bonchev–Trinajstić information content (AvgIpc) is 3.13. The predicted octanol–water partition coefficient (Wildman–Crippen LogP) is 3.25.